The van der Waals surface area contributed by atoms with E-state index in [1.54, 1.807) is 0 Å². The number of halogens is 1. The quantitative estimate of drug-likeness (QED) is 0.901. The summed E-state index contributed by atoms with van der Waals surface area (Å²) in [6.07, 6.45) is 7.59. The number of carbonyl (C=O) groups is 1. The maximum absolute atomic E-state index is 13.4. The summed E-state index contributed by atoms with van der Waals surface area (Å²) in [7, 11) is 0. The van der Waals surface area contributed by atoms with Crippen LogP contribution in [0.4, 0.5) is 4.39 Å². The summed E-state index contributed by atoms with van der Waals surface area (Å²) < 4.78 is 13.4. The lowest BCUT2D eigenvalue weighted by molar-refractivity contribution is 0.0950. The lowest BCUT2D eigenvalue weighted by Gasteiger charge is -2.11. The van der Waals surface area contributed by atoms with Crippen LogP contribution in [0.3, 0.4) is 0 Å². The summed E-state index contributed by atoms with van der Waals surface area (Å²) in [5.74, 6) is -1.02. The number of aryl methyl sites for hydroxylation is 1. The van der Waals surface area contributed by atoms with Crippen LogP contribution in [0.15, 0.2) is 18.5 Å². The minimum absolute atomic E-state index is 0.0223. The fourth-order valence-electron chi connectivity index (χ4n) is 2.71. The number of fused-ring (bicyclic) bond motifs is 1. The van der Waals surface area contributed by atoms with Gasteiger partial charge in [0.1, 0.15) is 0 Å². The Morgan fingerprint density at radius 2 is 2.24 bits per heavy atom. The van der Waals surface area contributed by atoms with E-state index >= 15 is 0 Å². The van der Waals surface area contributed by atoms with Gasteiger partial charge in [-0.3, -0.25) is 14.9 Å². The molecule has 1 aliphatic carbocycles. The SMILES string of the molecule is O=C(NCCc1n[nH]c2c1CCCC2)c1ccncc1F. The lowest BCUT2D eigenvalue weighted by atomic mass is 9.95. The van der Waals surface area contributed by atoms with Crippen LogP contribution in [-0.2, 0) is 19.3 Å². The molecule has 5 nitrogen and oxygen atoms in total. The van der Waals surface area contributed by atoms with Crippen molar-refractivity contribution < 1.29 is 9.18 Å². The first-order valence-electron chi connectivity index (χ1n) is 7.18. The number of nitrogens with zero attached hydrogens (tertiary/aromatic N) is 2. The van der Waals surface area contributed by atoms with Gasteiger partial charge in [-0.1, -0.05) is 0 Å². The predicted octanol–water partition coefficient (Wildman–Crippen LogP) is 1.80. The van der Waals surface area contributed by atoms with Crippen LogP contribution in [0.25, 0.3) is 0 Å². The Balaban J connectivity index is 1.58. The summed E-state index contributed by atoms with van der Waals surface area (Å²) >= 11 is 0. The van der Waals surface area contributed by atoms with Crippen molar-refractivity contribution in [2.75, 3.05) is 6.54 Å². The molecule has 21 heavy (non-hydrogen) atoms. The number of aromatic amines is 1. The number of hydrogen-bond donors (Lipinski definition) is 2. The Labute approximate surface area is 122 Å². The molecule has 1 amide bonds. The van der Waals surface area contributed by atoms with E-state index in [1.807, 2.05) is 0 Å². The maximum atomic E-state index is 13.4. The van der Waals surface area contributed by atoms with Gasteiger partial charge in [0.25, 0.3) is 5.91 Å². The van der Waals surface area contributed by atoms with Crippen molar-refractivity contribution in [2.24, 2.45) is 0 Å². The van der Waals surface area contributed by atoms with E-state index in [0.29, 0.717) is 13.0 Å². The molecule has 3 rings (SSSR count). The molecule has 2 aromatic heterocycles. The summed E-state index contributed by atoms with van der Waals surface area (Å²) in [6.45, 7) is 0.442. The van der Waals surface area contributed by atoms with E-state index in [1.165, 1.54) is 36.4 Å². The molecule has 0 spiro atoms. The normalized spacial score (nSPS) is 13.8. The third-order valence-electron chi connectivity index (χ3n) is 3.81. The first kappa shape index (κ1) is 13.7. The van der Waals surface area contributed by atoms with Crippen molar-refractivity contribution in [1.29, 1.82) is 0 Å². The second-order valence-electron chi connectivity index (χ2n) is 5.20. The standard InChI is InChI=1S/C15H17FN4O/c16-12-9-17-7-5-10(12)15(21)18-8-6-14-11-3-1-2-4-13(11)19-20-14/h5,7,9H,1-4,6,8H2,(H,18,21)(H,19,20). The van der Waals surface area contributed by atoms with Gasteiger partial charge in [0.2, 0.25) is 0 Å². The van der Waals surface area contributed by atoms with E-state index in [0.717, 1.165) is 24.7 Å². The van der Waals surface area contributed by atoms with Crippen LogP contribution in [0.2, 0.25) is 0 Å². The maximum Gasteiger partial charge on any atom is 0.254 e. The van der Waals surface area contributed by atoms with Gasteiger partial charge in [-0.05, 0) is 37.3 Å². The minimum atomic E-state index is -0.604. The zero-order valence-corrected chi connectivity index (χ0v) is 11.7. The molecule has 6 heteroatoms. The fraction of sp³-hybridized carbons (Fsp3) is 0.400. The van der Waals surface area contributed by atoms with Crippen molar-refractivity contribution in [1.82, 2.24) is 20.5 Å². The number of aromatic nitrogens is 3. The van der Waals surface area contributed by atoms with E-state index in [-0.39, 0.29) is 5.56 Å². The molecule has 110 valence electrons. The zero-order valence-electron chi connectivity index (χ0n) is 11.7. The summed E-state index contributed by atoms with van der Waals surface area (Å²) in [5.41, 5.74) is 3.56. The van der Waals surface area contributed by atoms with Crippen LogP contribution in [0, 0.1) is 5.82 Å². The van der Waals surface area contributed by atoms with E-state index in [9.17, 15) is 9.18 Å². The van der Waals surface area contributed by atoms with Gasteiger partial charge in [0.05, 0.1) is 17.5 Å². The molecule has 0 fully saturated rings. The molecule has 0 aromatic carbocycles. The van der Waals surface area contributed by atoms with Crippen molar-refractivity contribution in [3.05, 3.63) is 46.8 Å². The lowest BCUT2D eigenvalue weighted by Crippen LogP contribution is -2.27. The highest BCUT2D eigenvalue weighted by Gasteiger charge is 2.17. The highest BCUT2D eigenvalue weighted by Crippen LogP contribution is 2.22. The monoisotopic (exact) mass is 288 g/mol. The Hall–Kier alpha value is -2.24. The van der Waals surface area contributed by atoms with Gasteiger partial charge in [-0.2, -0.15) is 5.10 Å². The molecule has 0 bridgehead atoms. The van der Waals surface area contributed by atoms with Gasteiger partial charge in [0.15, 0.2) is 5.82 Å². The second-order valence-corrected chi connectivity index (χ2v) is 5.20. The molecule has 0 radical (unpaired) electrons. The smallest absolute Gasteiger partial charge is 0.254 e. The molecule has 0 atom stereocenters. The highest BCUT2D eigenvalue weighted by molar-refractivity contribution is 5.94. The molecule has 2 heterocycles. The Bertz CT molecular complexity index is 653. The van der Waals surface area contributed by atoms with Crippen molar-refractivity contribution in [3.8, 4) is 0 Å². The molecule has 2 N–H and O–H groups in total. The minimum Gasteiger partial charge on any atom is -0.352 e. The van der Waals surface area contributed by atoms with E-state index in [4.69, 9.17) is 0 Å². The van der Waals surface area contributed by atoms with Crippen molar-refractivity contribution >= 4 is 5.91 Å². The number of nitrogens with one attached hydrogen (secondary N) is 2. The van der Waals surface area contributed by atoms with Gasteiger partial charge in [-0.15, -0.1) is 0 Å². The number of carbonyl (C=O) groups excluding carboxylic acids is 1. The average molecular weight is 288 g/mol. The molecule has 2 aromatic rings. The zero-order chi connectivity index (χ0) is 14.7. The molecule has 0 aliphatic heterocycles. The van der Waals surface area contributed by atoms with Crippen molar-refractivity contribution in [2.45, 2.75) is 32.1 Å². The molecule has 0 saturated heterocycles. The van der Waals surface area contributed by atoms with Crippen LogP contribution < -0.4 is 5.32 Å². The summed E-state index contributed by atoms with van der Waals surface area (Å²) in [4.78, 5) is 15.5. The molecule has 0 unspecified atom stereocenters. The number of rotatable bonds is 4. The molecule has 0 saturated carbocycles. The van der Waals surface area contributed by atoms with Crippen LogP contribution >= 0.6 is 0 Å². The van der Waals surface area contributed by atoms with Crippen LogP contribution in [0.5, 0.6) is 0 Å². The molecule has 1 aliphatic rings. The van der Waals surface area contributed by atoms with Crippen LogP contribution in [-0.4, -0.2) is 27.6 Å². The Kier molecular flexibility index (Phi) is 3.94. The van der Waals surface area contributed by atoms with Crippen molar-refractivity contribution in [3.63, 3.8) is 0 Å². The Morgan fingerprint density at radius 3 is 3.10 bits per heavy atom. The number of H-pyrrole nitrogens is 1. The first-order chi connectivity index (χ1) is 10.3. The van der Waals surface area contributed by atoms with Gasteiger partial charge in [0, 0.05) is 24.9 Å². The van der Waals surface area contributed by atoms with E-state index in [2.05, 4.69) is 20.5 Å². The second kappa shape index (κ2) is 6.03. The largest absolute Gasteiger partial charge is 0.352 e. The third-order valence-corrected chi connectivity index (χ3v) is 3.81. The number of amides is 1. The predicted molar refractivity (Wildman–Crippen MR) is 75.5 cm³/mol. The first-order valence-corrected chi connectivity index (χ1v) is 7.18. The van der Waals surface area contributed by atoms with E-state index < -0.39 is 11.7 Å². The average Bonchev–Trinajstić information content (AvgIpc) is 2.91. The van der Waals surface area contributed by atoms with Gasteiger partial charge >= 0.3 is 0 Å². The number of hydrogen-bond acceptors (Lipinski definition) is 3. The highest BCUT2D eigenvalue weighted by atomic mass is 19.1. The topological polar surface area (TPSA) is 70.7 Å². The van der Waals surface area contributed by atoms with Gasteiger partial charge in [-0.25, -0.2) is 4.39 Å². The molecular formula is C15H17FN4O. The third kappa shape index (κ3) is 2.94. The van der Waals surface area contributed by atoms with Gasteiger partial charge < -0.3 is 5.32 Å². The Morgan fingerprint density at radius 1 is 1.38 bits per heavy atom. The summed E-state index contributed by atoms with van der Waals surface area (Å²) in [5, 5.41) is 10.1. The van der Waals surface area contributed by atoms with Crippen LogP contribution in [0.1, 0.15) is 40.2 Å². The number of pyridine rings is 1. The molecular weight excluding hydrogens is 271 g/mol. The fourth-order valence-corrected chi connectivity index (χ4v) is 2.71. The summed E-state index contributed by atoms with van der Waals surface area (Å²) in [6, 6.07) is 1.38.